The fourth-order valence-corrected chi connectivity index (χ4v) is 3.23. The largest absolute Gasteiger partial charge is 0.448 e. The van der Waals surface area contributed by atoms with Gasteiger partial charge in [0.1, 0.15) is 5.82 Å². The highest BCUT2D eigenvalue weighted by molar-refractivity contribution is 6.23. The van der Waals surface area contributed by atoms with Gasteiger partial charge in [-0.25, -0.2) is 17.6 Å². The number of anilines is 1. The van der Waals surface area contributed by atoms with Crippen molar-refractivity contribution >= 4 is 17.6 Å². The zero-order chi connectivity index (χ0) is 25.1. The van der Waals surface area contributed by atoms with E-state index in [-0.39, 0.29) is 18.2 Å². The average Bonchev–Trinajstić information content (AvgIpc) is 2.99. The molecule has 0 unspecified atom stereocenters. The molecule has 2 amide bonds. The molecule has 2 heterocycles. The number of benzene rings is 2. The zero-order valence-corrected chi connectivity index (χ0v) is 16.2. The minimum Gasteiger partial charge on any atom is -0.448 e. The molecule has 0 spiro atoms. The van der Waals surface area contributed by atoms with Crippen molar-refractivity contribution in [2.24, 2.45) is 0 Å². The van der Waals surface area contributed by atoms with Gasteiger partial charge in [0.25, 0.3) is 17.4 Å². The third-order valence-electron chi connectivity index (χ3n) is 4.73. The van der Waals surface area contributed by atoms with Gasteiger partial charge in [-0.2, -0.15) is 13.2 Å². The first kappa shape index (κ1) is 22.8. The molecule has 7 nitrogen and oxygen atoms in total. The van der Waals surface area contributed by atoms with Crippen molar-refractivity contribution in [3.8, 4) is 17.2 Å². The van der Waals surface area contributed by atoms with Crippen LogP contribution >= 0.6 is 0 Å². The molecule has 0 atom stereocenters. The Hall–Kier alpha value is -4.36. The molecule has 1 aliphatic heterocycles. The molecule has 3 aromatic rings. The molecule has 34 heavy (non-hydrogen) atoms. The number of hydrogen-bond donors (Lipinski definition) is 2. The van der Waals surface area contributed by atoms with Gasteiger partial charge in [-0.05, 0) is 12.1 Å². The normalized spacial score (nSPS) is 13.1. The van der Waals surface area contributed by atoms with Gasteiger partial charge in [0.2, 0.25) is 0 Å². The highest BCUT2D eigenvalue weighted by Gasteiger charge is 2.34. The van der Waals surface area contributed by atoms with Crippen molar-refractivity contribution in [3.63, 3.8) is 0 Å². The van der Waals surface area contributed by atoms with Crippen LogP contribution in [0.5, 0.6) is 11.5 Å². The van der Waals surface area contributed by atoms with Crippen molar-refractivity contribution in [1.29, 1.82) is 0 Å². The molecule has 176 valence electrons. The molecule has 1 aromatic heterocycles. The number of hydrogen-bond acceptors (Lipinski definition) is 5. The number of nitrogens with zero attached hydrogens (tertiary/aromatic N) is 1. The predicted octanol–water partition coefficient (Wildman–Crippen LogP) is 3.67. The van der Waals surface area contributed by atoms with Gasteiger partial charge in [0.05, 0.1) is 22.4 Å². The van der Waals surface area contributed by atoms with Gasteiger partial charge in [-0.1, -0.05) is 0 Å². The lowest BCUT2D eigenvalue weighted by atomic mass is 10.1. The number of carbonyl (C=O) groups excluding carboxylic acids is 2. The van der Waals surface area contributed by atoms with Gasteiger partial charge >= 0.3 is 6.18 Å². The van der Waals surface area contributed by atoms with E-state index in [1.165, 1.54) is 0 Å². The molecule has 0 fully saturated rings. The zero-order valence-electron chi connectivity index (χ0n) is 16.2. The molecule has 3 N–H and O–H groups in total. The van der Waals surface area contributed by atoms with Crippen LogP contribution in [0.2, 0.25) is 0 Å². The van der Waals surface area contributed by atoms with Gasteiger partial charge in [0, 0.05) is 18.2 Å². The van der Waals surface area contributed by atoms with E-state index in [1.54, 1.807) is 0 Å². The number of nitrogen functional groups attached to an aromatic ring is 1. The lowest BCUT2D eigenvalue weighted by Crippen LogP contribution is -2.25. The summed E-state index contributed by atoms with van der Waals surface area (Å²) in [5.74, 6) is -11.9. The summed E-state index contributed by atoms with van der Waals surface area (Å²) < 4.78 is 100. The Kier molecular flexibility index (Phi) is 5.10. The second-order valence-corrected chi connectivity index (χ2v) is 6.88. The van der Waals surface area contributed by atoms with Gasteiger partial charge in [-0.15, -0.1) is 0 Å². The highest BCUT2D eigenvalue weighted by Crippen LogP contribution is 2.37. The summed E-state index contributed by atoms with van der Waals surface area (Å²) in [5, 5.41) is 1.87. The number of nitrogens with two attached hydrogens (primary N) is 1. The van der Waals surface area contributed by atoms with Gasteiger partial charge < -0.3 is 10.5 Å². The SMILES string of the molecule is Nc1c2c(cc(=O)n1-c1cc(Oc3c(F)cc(C(F)(F)F)cc3F)c(F)cc1F)C(=O)NC2=O. The molecule has 1 aliphatic rings. The molecule has 0 saturated carbocycles. The molecule has 2 aromatic carbocycles. The van der Waals surface area contributed by atoms with Gasteiger partial charge in [0.15, 0.2) is 34.8 Å². The second kappa shape index (κ2) is 7.60. The van der Waals surface area contributed by atoms with E-state index in [4.69, 9.17) is 10.5 Å². The Morgan fingerprint density at radius 2 is 1.44 bits per heavy atom. The molecule has 14 heteroatoms. The van der Waals surface area contributed by atoms with Crippen LogP contribution in [0.4, 0.5) is 36.6 Å². The number of amides is 2. The Morgan fingerprint density at radius 1 is 0.824 bits per heavy atom. The first-order chi connectivity index (χ1) is 15.8. The van der Waals surface area contributed by atoms with Gasteiger partial charge in [-0.3, -0.25) is 24.3 Å². The summed E-state index contributed by atoms with van der Waals surface area (Å²) in [5.41, 5.74) is 1.23. The number of fused-ring (bicyclic) bond motifs is 1. The summed E-state index contributed by atoms with van der Waals surface area (Å²) in [6.07, 6.45) is -5.09. The maximum absolute atomic E-state index is 14.5. The van der Waals surface area contributed by atoms with Crippen molar-refractivity contribution in [2.75, 3.05) is 5.73 Å². The average molecular weight is 487 g/mol. The van der Waals surface area contributed by atoms with E-state index in [1.807, 2.05) is 5.32 Å². The van der Waals surface area contributed by atoms with Crippen LogP contribution in [0.15, 0.2) is 35.1 Å². The molecular formula is C20H8F7N3O4. The molecule has 4 rings (SSSR count). The molecule has 0 bridgehead atoms. The van der Waals surface area contributed by atoms with Crippen LogP contribution in [0.1, 0.15) is 26.3 Å². The molecule has 0 saturated heterocycles. The molecule has 0 aliphatic carbocycles. The number of halogens is 7. The number of imide groups is 1. The maximum Gasteiger partial charge on any atom is 0.416 e. The minimum atomic E-state index is -5.09. The number of nitrogens with one attached hydrogen (secondary N) is 1. The minimum absolute atomic E-state index is 0.0979. The lowest BCUT2D eigenvalue weighted by Gasteiger charge is -2.16. The van der Waals surface area contributed by atoms with Crippen LogP contribution in [0.25, 0.3) is 5.69 Å². The topological polar surface area (TPSA) is 103 Å². The Morgan fingerprint density at radius 3 is 2.03 bits per heavy atom. The van der Waals surface area contributed by atoms with Crippen LogP contribution in [-0.4, -0.2) is 16.4 Å². The van der Waals surface area contributed by atoms with E-state index in [0.717, 1.165) is 0 Å². The fourth-order valence-electron chi connectivity index (χ4n) is 3.23. The Balaban J connectivity index is 1.85. The van der Waals surface area contributed by atoms with E-state index in [2.05, 4.69) is 0 Å². The number of ether oxygens (including phenoxy) is 1. The van der Waals surface area contributed by atoms with Crippen LogP contribution in [0, 0.1) is 23.3 Å². The highest BCUT2D eigenvalue weighted by atomic mass is 19.4. The third kappa shape index (κ3) is 3.62. The van der Waals surface area contributed by atoms with Crippen molar-refractivity contribution in [1.82, 2.24) is 9.88 Å². The van der Waals surface area contributed by atoms with E-state index >= 15 is 0 Å². The van der Waals surface area contributed by atoms with E-state index < -0.39 is 86.5 Å². The van der Waals surface area contributed by atoms with Crippen LogP contribution in [0.3, 0.4) is 0 Å². The molecule has 0 radical (unpaired) electrons. The third-order valence-corrected chi connectivity index (χ3v) is 4.73. The first-order valence-corrected chi connectivity index (χ1v) is 8.94. The second-order valence-electron chi connectivity index (χ2n) is 6.88. The number of alkyl halides is 3. The first-order valence-electron chi connectivity index (χ1n) is 8.94. The quantitative estimate of drug-likeness (QED) is 0.434. The van der Waals surface area contributed by atoms with Crippen LogP contribution < -0.4 is 21.3 Å². The van der Waals surface area contributed by atoms with Crippen LogP contribution in [-0.2, 0) is 6.18 Å². The van der Waals surface area contributed by atoms with Crippen molar-refractivity contribution < 1.29 is 45.1 Å². The van der Waals surface area contributed by atoms with E-state index in [9.17, 15) is 45.1 Å². The number of pyridine rings is 1. The predicted molar refractivity (Wildman–Crippen MR) is 99.6 cm³/mol. The standard InChI is InChI=1S/C20H8F7N3O4/c21-8-4-9(22)13(34-16-10(23)1-6(2-11(16)24)20(25,26)27)5-12(8)30-14(31)3-7-15(17(30)28)19(33)29-18(7)32/h1-5H,28H2,(H,29,32,33). The monoisotopic (exact) mass is 487 g/mol. The number of carbonyl (C=O) groups is 2. The lowest BCUT2D eigenvalue weighted by molar-refractivity contribution is -0.138. The summed E-state index contributed by atoms with van der Waals surface area (Å²) in [7, 11) is 0. The number of rotatable bonds is 3. The number of aromatic nitrogens is 1. The molecular weight excluding hydrogens is 479 g/mol. The summed E-state index contributed by atoms with van der Waals surface area (Å²) >= 11 is 0. The van der Waals surface area contributed by atoms with Crippen molar-refractivity contribution in [2.45, 2.75) is 6.18 Å². The Labute approximate surface area is 183 Å². The summed E-state index contributed by atoms with van der Waals surface area (Å²) in [6.45, 7) is 0. The smallest absolute Gasteiger partial charge is 0.416 e. The maximum atomic E-state index is 14.5. The summed E-state index contributed by atoms with van der Waals surface area (Å²) in [6, 6.07) is 1.05. The Bertz CT molecular complexity index is 1440. The summed E-state index contributed by atoms with van der Waals surface area (Å²) in [4.78, 5) is 36.1. The van der Waals surface area contributed by atoms with E-state index in [0.29, 0.717) is 16.7 Å². The van der Waals surface area contributed by atoms with Crippen molar-refractivity contribution in [3.05, 3.63) is 80.6 Å². The fraction of sp³-hybridized carbons (Fsp3) is 0.0500.